The normalized spacial score (nSPS) is 22.3. The minimum Gasteiger partial charge on any atom is -0.314 e. The first kappa shape index (κ1) is 12.2. The molecule has 0 aliphatic carbocycles. The molecule has 1 N–H and O–H groups in total. The third-order valence-electron chi connectivity index (χ3n) is 3.03. The average molecular weight is 259 g/mol. The topological polar surface area (TPSA) is 15.3 Å². The summed E-state index contributed by atoms with van der Waals surface area (Å²) >= 11 is 12.1. The molecule has 1 aliphatic rings. The highest BCUT2D eigenvalue weighted by Gasteiger charge is 2.18. The van der Waals surface area contributed by atoms with Gasteiger partial charge in [-0.05, 0) is 24.6 Å². The highest BCUT2D eigenvalue weighted by Crippen LogP contribution is 2.23. The summed E-state index contributed by atoms with van der Waals surface area (Å²) in [5.41, 5.74) is 1.15. The zero-order valence-electron chi connectivity index (χ0n) is 9.34. The van der Waals surface area contributed by atoms with Crippen LogP contribution in [0.2, 0.25) is 10.0 Å². The molecular formula is C12H16Cl2N2. The molecule has 4 heteroatoms. The van der Waals surface area contributed by atoms with E-state index in [9.17, 15) is 0 Å². The zero-order chi connectivity index (χ0) is 11.5. The molecule has 0 saturated carbocycles. The maximum atomic E-state index is 6.17. The summed E-state index contributed by atoms with van der Waals surface area (Å²) in [5.74, 6) is 0. The number of halogens is 2. The molecule has 1 aliphatic heterocycles. The monoisotopic (exact) mass is 258 g/mol. The molecule has 1 fully saturated rings. The maximum absolute atomic E-state index is 6.17. The van der Waals surface area contributed by atoms with Crippen molar-refractivity contribution in [3.05, 3.63) is 33.8 Å². The summed E-state index contributed by atoms with van der Waals surface area (Å²) in [7, 11) is 0. The largest absolute Gasteiger partial charge is 0.314 e. The lowest BCUT2D eigenvalue weighted by Gasteiger charge is -2.34. The van der Waals surface area contributed by atoms with Crippen molar-refractivity contribution in [2.45, 2.75) is 19.5 Å². The minimum absolute atomic E-state index is 0.556. The summed E-state index contributed by atoms with van der Waals surface area (Å²) in [4.78, 5) is 2.44. The summed E-state index contributed by atoms with van der Waals surface area (Å²) in [5, 5.41) is 4.84. The second-order valence-corrected chi connectivity index (χ2v) is 5.10. The van der Waals surface area contributed by atoms with Crippen LogP contribution in [0.5, 0.6) is 0 Å². The summed E-state index contributed by atoms with van der Waals surface area (Å²) in [6.07, 6.45) is 0. The Morgan fingerprint density at radius 2 is 2.25 bits per heavy atom. The molecule has 1 saturated heterocycles. The van der Waals surface area contributed by atoms with Crippen LogP contribution in [0, 0.1) is 0 Å². The van der Waals surface area contributed by atoms with Crippen LogP contribution in [-0.4, -0.2) is 30.6 Å². The van der Waals surface area contributed by atoms with Crippen LogP contribution in [0.25, 0.3) is 0 Å². The van der Waals surface area contributed by atoms with Gasteiger partial charge in [-0.15, -0.1) is 0 Å². The van der Waals surface area contributed by atoms with Crippen molar-refractivity contribution < 1.29 is 0 Å². The van der Waals surface area contributed by atoms with Gasteiger partial charge >= 0.3 is 0 Å². The molecule has 0 radical (unpaired) electrons. The van der Waals surface area contributed by atoms with E-state index < -0.39 is 0 Å². The van der Waals surface area contributed by atoms with Crippen LogP contribution < -0.4 is 5.32 Å². The van der Waals surface area contributed by atoms with Crippen molar-refractivity contribution in [2.24, 2.45) is 0 Å². The van der Waals surface area contributed by atoms with E-state index >= 15 is 0 Å². The molecule has 0 aromatic heterocycles. The Morgan fingerprint density at radius 3 is 2.94 bits per heavy atom. The fraction of sp³-hybridized carbons (Fsp3) is 0.500. The molecule has 2 rings (SSSR count). The van der Waals surface area contributed by atoms with E-state index in [-0.39, 0.29) is 0 Å². The molecule has 1 atom stereocenters. The van der Waals surface area contributed by atoms with Gasteiger partial charge in [0.2, 0.25) is 0 Å². The van der Waals surface area contributed by atoms with Gasteiger partial charge in [0.15, 0.2) is 0 Å². The van der Waals surface area contributed by atoms with Crippen molar-refractivity contribution in [3.8, 4) is 0 Å². The van der Waals surface area contributed by atoms with Crippen molar-refractivity contribution >= 4 is 23.2 Å². The molecule has 1 unspecified atom stereocenters. The van der Waals surface area contributed by atoms with Gasteiger partial charge in [-0.1, -0.05) is 29.3 Å². The van der Waals surface area contributed by atoms with Crippen molar-refractivity contribution in [1.82, 2.24) is 10.2 Å². The second kappa shape index (κ2) is 5.37. The van der Waals surface area contributed by atoms with Gasteiger partial charge in [-0.3, -0.25) is 4.90 Å². The lowest BCUT2D eigenvalue weighted by atomic mass is 10.1. The Bertz CT molecular complexity index is 368. The van der Waals surface area contributed by atoms with E-state index in [1.165, 1.54) is 0 Å². The third-order valence-corrected chi connectivity index (χ3v) is 3.61. The van der Waals surface area contributed by atoms with Crippen LogP contribution in [0.1, 0.15) is 12.5 Å². The van der Waals surface area contributed by atoms with Gasteiger partial charge < -0.3 is 5.32 Å². The Hall–Kier alpha value is -0.280. The number of rotatable bonds is 2. The summed E-state index contributed by atoms with van der Waals surface area (Å²) in [6.45, 7) is 6.30. The molecule has 88 valence electrons. The molecule has 1 heterocycles. The van der Waals surface area contributed by atoms with E-state index in [2.05, 4.69) is 17.1 Å². The smallest absolute Gasteiger partial charge is 0.0465 e. The van der Waals surface area contributed by atoms with Gasteiger partial charge in [-0.25, -0.2) is 0 Å². The minimum atomic E-state index is 0.556. The maximum Gasteiger partial charge on any atom is 0.0465 e. The number of nitrogens with one attached hydrogen (secondary N) is 1. The number of hydrogen-bond donors (Lipinski definition) is 1. The Labute approximate surface area is 107 Å². The van der Waals surface area contributed by atoms with Crippen LogP contribution in [0.15, 0.2) is 18.2 Å². The molecule has 16 heavy (non-hydrogen) atoms. The average Bonchev–Trinajstić information content (AvgIpc) is 2.25. The quantitative estimate of drug-likeness (QED) is 0.878. The molecule has 1 aromatic carbocycles. The first-order valence-electron chi connectivity index (χ1n) is 5.55. The van der Waals surface area contributed by atoms with Crippen LogP contribution >= 0.6 is 23.2 Å². The molecule has 0 amide bonds. The second-order valence-electron chi connectivity index (χ2n) is 4.26. The standard InChI is InChI=1S/C12H16Cl2N2/c1-9-7-15-4-5-16(9)8-10-2-3-11(13)6-12(10)14/h2-3,6,9,15H,4-5,7-8H2,1H3. The highest BCUT2D eigenvalue weighted by molar-refractivity contribution is 6.35. The van der Waals surface area contributed by atoms with Gasteiger partial charge in [0.25, 0.3) is 0 Å². The van der Waals surface area contributed by atoms with Crippen molar-refractivity contribution in [3.63, 3.8) is 0 Å². The first-order valence-corrected chi connectivity index (χ1v) is 6.31. The SMILES string of the molecule is CC1CNCCN1Cc1ccc(Cl)cc1Cl. The van der Waals surface area contributed by atoms with Crippen LogP contribution in [0.4, 0.5) is 0 Å². The number of nitrogens with zero attached hydrogens (tertiary/aromatic N) is 1. The summed E-state index contributed by atoms with van der Waals surface area (Å²) in [6, 6.07) is 6.28. The van der Waals surface area contributed by atoms with Gasteiger partial charge in [-0.2, -0.15) is 0 Å². The molecule has 0 bridgehead atoms. The Kier molecular flexibility index (Phi) is 4.09. The molecule has 2 nitrogen and oxygen atoms in total. The van der Waals surface area contributed by atoms with Gasteiger partial charge in [0.1, 0.15) is 0 Å². The Balaban J connectivity index is 2.07. The lowest BCUT2D eigenvalue weighted by Crippen LogP contribution is -2.49. The molecular weight excluding hydrogens is 243 g/mol. The van der Waals surface area contributed by atoms with E-state index in [4.69, 9.17) is 23.2 Å². The number of piperazine rings is 1. The molecule has 1 aromatic rings. The predicted molar refractivity (Wildman–Crippen MR) is 69.2 cm³/mol. The van der Waals surface area contributed by atoms with Crippen molar-refractivity contribution in [2.75, 3.05) is 19.6 Å². The fourth-order valence-electron chi connectivity index (χ4n) is 1.99. The summed E-state index contributed by atoms with van der Waals surface area (Å²) < 4.78 is 0. The fourth-order valence-corrected chi connectivity index (χ4v) is 2.45. The van der Waals surface area contributed by atoms with Crippen LogP contribution in [0.3, 0.4) is 0 Å². The molecule has 0 spiro atoms. The van der Waals surface area contributed by atoms with E-state index in [1.54, 1.807) is 0 Å². The zero-order valence-corrected chi connectivity index (χ0v) is 10.9. The van der Waals surface area contributed by atoms with Crippen LogP contribution in [-0.2, 0) is 6.54 Å². The van der Waals surface area contributed by atoms with Gasteiger partial charge in [0, 0.05) is 42.3 Å². The predicted octanol–water partition coefficient (Wildman–Crippen LogP) is 2.79. The highest BCUT2D eigenvalue weighted by atomic mass is 35.5. The first-order chi connectivity index (χ1) is 7.66. The number of benzene rings is 1. The van der Waals surface area contributed by atoms with Crippen molar-refractivity contribution in [1.29, 1.82) is 0 Å². The Morgan fingerprint density at radius 1 is 1.44 bits per heavy atom. The van der Waals surface area contributed by atoms with Gasteiger partial charge in [0.05, 0.1) is 0 Å². The van der Waals surface area contributed by atoms with E-state index in [0.717, 1.165) is 36.8 Å². The van der Waals surface area contributed by atoms with E-state index in [0.29, 0.717) is 11.1 Å². The third kappa shape index (κ3) is 2.89. The van der Waals surface area contributed by atoms with E-state index in [1.807, 2.05) is 18.2 Å². The number of hydrogen-bond acceptors (Lipinski definition) is 2. The lowest BCUT2D eigenvalue weighted by molar-refractivity contribution is 0.165.